The van der Waals surface area contributed by atoms with Crippen molar-refractivity contribution in [2.24, 2.45) is 5.41 Å². The maximum atomic E-state index is 12.7. The average Bonchev–Trinajstić information content (AvgIpc) is 3.23. The molecule has 2 fully saturated rings. The summed E-state index contributed by atoms with van der Waals surface area (Å²) in [6, 6.07) is 0.728. The molecule has 1 spiro atoms. The van der Waals surface area contributed by atoms with E-state index in [-0.39, 0.29) is 35.7 Å². The molecule has 1 aliphatic carbocycles. The fraction of sp³-hybridized carbons (Fsp3) is 0.529. The highest BCUT2D eigenvalue weighted by molar-refractivity contribution is 5.80. The van der Waals surface area contributed by atoms with Gasteiger partial charge in [0.05, 0.1) is 17.8 Å². The molecule has 2 aliphatic rings. The van der Waals surface area contributed by atoms with Crippen molar-refractivity contribution in [2.45, 2.75) is 31.9 Å². The number of alkyl halides is 3. The molecule has 1 amide bonds. The van der Waals surface area contributed by atoms with Crippen LogP contribution in [-0.2, 0) is 11.0 Å². The normalized spacial score (nSPS) is 18.3. The maximum Gasteiger partial charge on any atom is 0.417 e. The van der Waals surface area contributed by atoms with Gasteiger partial charge in [0.1, 0.15) is 0 Å². The van der Waals surface area contributed by atoms with Gasteiger partial charge in [-0.2, -0.15) is 13.2 Å². The van der Waals surface area contributed by atoms with E-state index in [1.807, 2.05) is 4.90 Å². The average molecular weight is 396 g/mol. The molecule has 8 nitrogen and oxygen atoms in total. The molecule has 4 rings (SSSR count). The molecule has 3 heterocycles. The van der Waals surface area contributed by atoms with Crippen LogP contribution in [0.2, 0.25) is 0 Å². The van der Waals surface area contributed by atoms with Crippen molar-refractivity contribution in [3.8, 4) is 11.6 Å². The third-order valence-corrected chi connectivity index (χ3v) is 5.40. The molecule has 0 atom stereocenters. The first kappa shape index (κ1) is 18.5. The van der Waals surface area contributed by atoms with Gasteiger partial charge in [-0.05, 0) is 37.2 Å². The topological polar surface area (TPSA) is 110 Å². The summed E-state index contributed by atoms with van der Waals surface area (Å²) in [5, 5.41) is 10.2. The van der Waals surface area contributed by atoms with Crippen molar-refractivity contribution in [3.05, 3.63) is 17.8 Å². The number of nitrogens with one attached hydrogen (secondary N) is 1. The molecule has 0 unspecified atom stereocenters. The second-order valence-corrected chi connectivity index (χ2v) is 7.31. The molecule has 0 radical (unpaired) electrons. The van der Waals surface area contributed by atoms with E-state index in [4.69, 9.17) is 10.2 Å². The number of aromatic nitrogens is 3. The van der Waals surface area contributed by atoms with Gasteiger partial charge in [-0.3, -0.25) is 4.79 Å². The first-order valence-corrected chi connectivity index (χ1v) is 8.94. The predicted molar refractivity (Wildman–Crippen MR) is 92.9 cm³/mol. The Hall–Kier alpha value is -2.85. The lowest BCUT2D eigenvalue weighted by Crippen LogP contribution is -2.41. The lowest BCUT2D eigenvalue weighted by Gasteiger charge is -2.32. The van der Waals surface area contributed by atoms with Gasteiger partial charge in [-0.15, -0.1) is 5.10 Å². The van der Waals surface area contributed by atoms with Crippen LogP contribution in [0.5, 0.6) is 0 Å². The summed E-state index contributed by atoms with van der Waals surface area (Å²) in [7, 11) is 0. The highest BCUT2D eigenvalue weighted by atomic mass is 19.4. The van der Waals surface area contributed by atoms with Gasteiger partial charge in [0.2, 0.25) is 5.91 Å². The molecule has 0 aromatic carbocycles. The van der Waals surface area contributed by atoms with E-state index in [1.54, 1.807) is 0 Å². The molecular weight excluding hydrogens is 377 g/mol. The number of nitrogens with zero attached hydrogens (tertiary/aromatic N) is 4. The summed E-state index contributed by atoms with van der Waals surface area (Å²) in [5.74, 6) is -0.197. The molecule has 0 bridgehead atoms. The van der Waals surface area contributed by atoms with Crippen molar-refractivity contribution in [3.63, 3.8) is 0 Å². The van der Waals surface area contributed by atoms with E-state index in [0.717, 1.165) is 32.0 Å². The van der Waals surface area contributed by atoms with Gasteiger partial charge in [0.15, 0.2) is 5.69 Å². The summed E-state index contributed by atoms with van der Waals surface area (Å²) < 4.78 is 43.4. The van der Waals surface area contributed by atoms with Gasteiger partial charge in [-0.25, -0.2) is 4.98 Å². The summed E-state index contributed by atoms with van der Waals surface area (Å²) in [6.07, 6.45) is 0.716. The van der Waals surface area contributed by atoms with E-state index in [9.17, 15) is 18.0 Å². The standard InChI is InChI=1S/C17H19F3N6O2/c18-17(19,20)10-7-11(21)13(22-8-10)14-24-25-15(28-14)23-9-12(27)26-5-3-16(1-2-16)4-6-26/h7-8H,1-6,9,21H2,(H,23,25). The van der Waals surface area contributed by atoms with Crippen molar-refractivity contribution < 1.29 is 22.4 Å². The quantitative estimate of drug-likeness (QED) is 0.817. The zero-order valence-electron chi connectivity index (χ0n) is 14.9. The smallest absolute Gasteiger partial charge is 0.402 e. The number of rotatable bonds is 4. The summed E-state index contributed by atoms with van der Waals surface area (Å²) in [5.41, 5.74) is 4.87. The number of halogens is 3. The fourth-order valence-corrected chi connectivity index (χ4v) is 3.38. The second-order valence-electron chi connectivity index (χ2n) is 7.31. The highest BCUT2D eigenvalue weighted by Crippen LogP contribution is 2.53. The van der Waals surface area contributed by atoms with Crippen molar-refractivity contribution in [2.75, 3.05) is 30.7 Å². The summed E-state index contributed by atoms with van der Waals surface area (Å²) >= 11 is 0. The van der Waals surface area contributed by atoms with E-state index in [0.29, 0.717) is 11.6 Å². The number of carbonyl (C=O) groups is 1. The van der Waals surface area contributed by atoms with E-state index in [1.165, 1.54) is 12.8 Å². The van der Waals surface area contributed by atoms with Crippen molar-refractivity contribution in [1.29, 1.82) is 0 Å². The van der Waals surface area contributed by atoms with Gasteiger partial charge in [0.25, 0.3) is 5.89 Å². The number of nitrogens with two attached hydrogens (primary N) is 1. The number of carbonyl (C=O) groups excluding carboxylic acids is 1. The molecule has 3 N–H and O–H groups in total. The van der Waals surface area contributed by atoms with Crippen LogP contribution in [-0.4, -0.2) is 45.6 Å². The summed E-state index contributed by atoms with van der Waals surface area (Å²) in [4.78, 5) is 17.8. The molecular formula is C17H19F3N6O2. The zero-order valence-corrected chi connectivity index (χ0v) is 14.9. The van der Waals surface area contributed by atoms with Crippen molar-refractivity contribution >= 4 is 17.6 Å². The Labute approximate surface area is 158 Å². The van der Waals surface area contributed by atoms with Crippen LogP contribution < -0.4 is 11.1 Å². The number of hydrogen-bond donors (Lipinski definition) is 2. The lowest BCUT2D eigenvalue weighted by atomic mass is 9.94. The Balaban J connectivity index is 1.36. The van der Waals surface area contributed by atoms with E-state index >= 15 is 0 Å². The Morgan fingerprint density at radius 2 is 1.96 bits per heavy atom. The first-order chi connectivity index (χ1) is 13.3. The van der Waals surface area contributed by atoms with Crippen LogP contribution in [0.15, 0.2) is 16.7 Å². The molecule has 2 aromatic rings. The first-order valence-electron chi connectivity index (χ1n) is 8.94. The minimum atomic E-state index is -4.55. The zero-order chi connectivity index (χ0) is 19.9. The SMILES string of the molecule is Nc1cc(C(F)(F)F)cnc1-c1nnc(NCC(=O)N2CCC3(CC2)CC3)o1. The number of amides is 1. The molecule has 1 saturated carbocycles. The molecule has 1 saturated heterocycles. The van der Waals surface area contributed by atoms with E-state index < -0.39 is 11.7 Å². The third kappa shape index (κ3) is 3.73. The van der Waals surface area contributed by atoms with Crippen LogP contribution in [0.1, 0.15) is 31.2 Å². The highest BCUT2D eigenvalue weighted by Gasteiger charge is 2.45. The summed E-state index contributed by atoms with van der Waals surface area (Å²) in [6.45, 7) is 1.49. The van der Waals surface area contributed by atoms with Crippen LogP contribution >= 0.6 is 0 Å². The number of pyridine rings is 1. The largest absolute Gasteiger partial charge is 0.417 e. The van der Waals surface area contributed by atoms with Crippen LogP contribution in [0, 0.1) is 5.41 Å². The predicted octanol–water partition coefficient (Wildman–Crippen LogP) is 2.55. The number of piperidine rings is 1. The Morgan fingerprint density at radius 3 is 2.57 bits per heavy atom. The van der Waals surface area contributed by atoms with E-state index in [2.05, 4.69) is 20.5 Å². The number of nitrogen functional groups attached to an aromatic ring is 1. The van der Waals surface area contributed by atoms with Gasteiger partial charge >= 0.3 is 12.2 Å². The Kier molecular flexibility index (Phi) is 4.39. The molecule has 150 valence electrons. The van der Waals surface area contributed by atoms with Crippen molar-refractivity contribution in [1.82, 2.24) is 20.1 Å². The third-order valence-electron chi connectivity index (χ3n) is 5.40. The maximum absolute atomic E-state index is 12.7. The van der Waals surface area contributed by atoms with Crippen LogP contribution in [0.4, 0.5) is 24.9 Å². The van der Waals surface area contributed by atoms with Gasteiger partial charge in [0, 0.05) is 19.3 Å². The van der Waals surface area contributed by atoms with Gasteiger partial charge in [-0.1, -0.05) is 5.10 Å². The number of hydrogen-bond acceptors (Lipinski definition) is 7. The van der Waals surface area contributed by atoms with Crippen LogP contribution in [0.3, 0.4) is 0 Å². The van der Waals surface area contributed by atoms with Crippen LogP contribution in [0.25, 0.3) is 11.6 Å². The minimum absolute atomic E-state index is 0.00937. The molecule has 2 aromatic heterocycles. The second kappa shape index (κ2) is 6.64. The number of likely N-dealkylation sites (tertiary alicyclic amines) is 1. The fourth-order valence-electron chi connectivity index (χ4n) is 3.38. The van der Waals surface area contributed by atoms with Gasteiger partial charge < -0.3 is 20.4 Å². The lowest BCUT2D eigenvalue weighted by molar-refractivity contribution is -0.137. The molecule has 11 heteroatoms. The monoisotopic (exact) mass is 396 g/mol. The minimum Gasteiger partial charge on any atom is -0.402 e. The Morgan fingerprint density at radius 1 is 1.25 bits per heavy atom. The Bertz CT molecular complexity index is 883. The molecule has 28 heavy (non-hydrogen) atoms. The molecule has 1 aliphatic heterocycles. The number of anilines is 2.